The molecule has 1 aromatic heterocycles. The predicted molar refractivity (Wildman–Crippen MR) is 92.3 cm³/mol. The largest absolute Gasteiger partial charge is 0.493 e. The van der Waals surface area contributed by atoms with Gasteiger partial charge in [0.2, 0.25) is 0 Å². The lowest BCUT2D eigenvalue weighted by Crippen LogP contribution is -2.18. The summed E-state index contributed by atoms with van der Waals surface area (Å²) in [6.45, 7) is 7.96. The summed E-state index contributed by atoms with van der Waals surface area (Å²) in [4.78, 5) is 5.55. The zero-order valence-corrected chi connectivity index (χ0v) is 15.1. The molecule has 1 heterocycles. The van der Waals surface area contributed by atoms with Gasteiger partial charge in [0, 0.05) is 21.8 Å². The Balaban J connectivity index is 1.92. The average Bonchev–Trinajstić information content (AvgIpc) is 2.85. The van der Waals surface area contributed by atoms with Crippen molar-refractivity contribution in [3.05, 3.63) is 44.3 Å². The molecule has 0 bridgehead atoms. The monoisotopic (exact) mass is 368 g/mol. The van der Waals surface area contributed by atoms with E-state index in [2.05, 4.69) is 46.1 Å². The van der Waals surface area contributed by atoms with Crippen LogP contribution in [0.3, 0.4) is 0 Å². The van der Waals surface area contributed by atoms with Gasteiger partial charge in [-0.1, -0.05) is 28.9 Å². The number of aryl methyl sites for hydroxylation is 1. The lowest BCUT2D eigenvalue weighted by Gasteiger charge is -2.15. The number of hydrogen-bond donors (Lipinski definition) is 1. The van der Waals surface area contributed by atoms with Gasteiger partial charge in [0.15, 0.2) is 0 Å². The number of nitrogens with zero attached hydrogens (tertiary/aromatic N) is 1. The van der Waals surface area contributed by atoms with E-state index in [1.54, 1.807) is 11.3 Å². The maximum Gasteiger partial charge on any atom is 0.120 e. The summed E-state index contributed by atoms with van der Waals surface area (Å²) in [5.74, 6) is 0.900. The molecule has 2 aromatic rings. The first-order chi connectivity index (χ1) is 10.1. The van der Waals surface area contributed by atoms with Crippen LogP contribution < -0.4 is 10.1 Å². The molecule has 1 atom stereocenters. The second-order valence-electron chi connectivity index (χ2n) is 4.92. The highest BCUT2D eigenvalue weighted by Gasteiger charge is 2.09. The minimum atomic E-state index is 0.332. The van der Waals surface area contributed by atoms with Crippen LogP contribution in [0.25, 0.3) is 0 Å². The molecule has 21 heavy (non-hydrogen) atoms. The van der Waals surface area contributed by atoms with E-state index in [9.17, 15) is 0 Å². The minimum absolute atomic E-state index is 0.332. The summed E-state index contributed by atoms with van der Waals surface area (Å²) >= 11 is 5.32. The first-order valence-corrected chi connectivity index (χ1v) is 8.83. The quantitative estimate of drug-likeness (QED) is 0.780. The van der Waals surface area contributed by atoms with Gasteiger partial charge < -0.3 is 10.1 Å². The van der Waals surface area contributed by atoms with Crippen molar-refractivity contribution in [2.45, 2.75) is 33.2 Å². The van der Waals surface area contributed by atoms with Crippen LogP contribution in [0, 0.1) is 6.92 Å². The van der Waals surface area contributed by atoms with Crippen LogP contribution in [0.2, 0.25) is 0 Å². The lowest BCUT2D eigenvalue weighted by molar-refractivity contribution is 0.322. The fraction of sp³-hybridized carbons (Fsp3) is 0.438. The summed E-state index contributed by atoms with van der Waals surface area (Å²) in [7, 11) is 0. The molecule has 5 heteroatoms. The number of aromatic nitrogens is 1. The third-order valence-electron chi connectivity index (χ3n) is 3.39. The first-order valence-electron chi connectivity index (χ1n) is 7.16. The van der Waals surface area contributed by atoms with Gasteiger partial charge in [-0.2, -0.15) is 0 Å². The molecule has 0 aliphatic rings. The number of benzene rings is 1. The molecule has 1 aromatic carbocycles. The van der Waals surface area contributed by atoms with Gasteiger partial charge in [-0.3, -0.25) is 0 Å². The summed E-state index contributed by atoms with van der Waals surface area (Å²) in [5, 5.41) is 3.41. The standard InChI is InChI=1S/C16H21BrN2OS/c1-4-18-11(2)14-6-5-13(9-15(14)17)20-8-7-16-12(3)19-10-21-16/h5-6,9-11,18H,4,7-8H2,1-3H3. The second kappa shape index (κ2) is 7.92. The Morgan fingerprint density at radius 3 is 2.86 bits per heavy atom. The summed E-state index contributed by atoms with van der Waals surface area (Å²) in [6, 6.07) is 6.53. The lowest BCUT2D eigenvalue weighted by atomic mass is 10.1. The Kier molecular flexibility index (Phi) is 6.21. The zero-order chi connectivity index (χ0) is 15.2. The Bertz CT molecular complexity index is 585. The van der Waals surface area contributed by atoms with Crippen molar-refractivity contribution >= 4 is 27.3 Å². The molecule has 1 unspecified atom stereocenters. The van der Waals surface area contributed by atoms with Crippen molar-refractivity contribution in [1.29, 1.82) is 0 Å². The van der Waals surface area contributed by atoms with Crippen molar-refractivity contribution < 1.29 is 4.74 Å². The normalized spacial score (nSPS) is 12.4. The zero-order valence-electron chi connectivity index (χ0n) is 12.6. The van der Waals surface area contributed by atoms with Gasteiger partial charge in [0.05, 0.1) is 17.8 Å². The predicted octanol–water partition coefficient (Wildman–Crippen LogP) is 4.51. The van der Waals surface area contributed by atoms with Crippen LogP contribution in [0.5, 0.6) is 5.75 Å². The Morgan fingerprint density at radius 2 is 2.24 bits per heavy atom. The van der Waals surface area contributed by atoms with Crippen LogP contribution >= 0.6 is 27.3 Å². The van der Waals surface area contributed by atoms with Gasteiger partial charge >= 0.3 is 0 Å². The molecule has 1 N–H and O–H groups in total. The molecule has 0 fully saturated rings. The molecular formula is C16H21BrN2OS. The maximum atomic E-state index is 5.84. The number of thiazole rings is 1. The molecule has 114 valence electrons. The molecular weight excluding hydrogens is 348 g/mol. The van der Waals surface area contributed by atoms with Gasteiger partial charge in [-0.25, -0.2) is 4.98 Å². The molecule has 0 radical (unpaired) electrons. The van der Waals surface area contributed by atoms with Crippen molar-refractivity contribution in [3.63, 3.8) is 0 Å². The number of halogens is 1. The number of ether oxygens (including phenoxy) is 1. The number of rotatable bonds is 7. The van der Waals surface area contributed by atoms with E-state index in [1.165, 1.54) is 10.4 Å². The SMILES string of the molecule is CCNC(C)c1ccc(OCCc2scnc2C)cc1Br. The van der Waals surface area contributed by atoms with Crippen molar-refractivity contribution in [3.8, 4) is 5.75 Å². The maximum absolute atomic E-state index is 5.84. The van der Waals surface area contributed by atoms with Crippen LogP contribution in [0.4, 0.5) is 0 Å². The number of hydrogen-bond acceptors (Lipinski definition) is 4. The van der Waals surface area contributed by atoms with Crippen LogP contribution in [0.15, 0.2) is 28.2 Å². The van der Waals surface area contributed by atoms with Crippen LogP contribution in [-0.4, -0.2) is 18.1 Å². The van der Waals surface area contributed by atoms with Crippen LogP contribution in [-0.2, 0) is 6.42 Å². The smallest absolute Gasteiger partial charge is 0.120 e. The highest BCUT2D eigenvalue weighted by Crippen LogP contribution is 2.27. The van der Waals surface area contributed by atoms with Crippen molar-refractivity contribution in [1.82, 2.24) is 10.3 Å². The fourth-order valence-electron chi connectivity index (χ4n) is 2.19. The van der Waals surface area contributed by atoms with E-state index in [1.807, 2.05) is 24.6 Å². The molecule has 0 aliphatic heterocycles. The number of nitrogens with one attached hydrogen (secondary N) is 1. The summed E-state index contributed by atoms with van der Waals surface area (Å²) < 4.78 is 6.92. The Hall–Kier alpha value is -0.910. The Labute approximate surface area is 138 Å². The molecule has 0 aliphatic carbocycles. The second-order valence-corrected chi connectivity index (χ2v) is 6.72. The van der Waals surface area contributed by atoms with Crippen LogP contribution in [0.1, 0.15) is 36.0 Å². The molecule has 0 amide bonds. The van der Waals surface area contributed by atoms with Gasteiger partial charge in [-0.05, 0) is 38.1 Å². The van der Waals surface area contributed by atoms with Crippen molar-refractivity contribution in [2.75, 3.05) is 13.2 Å². The Morgan fingerprint density at radius 1 is 1.43 bits per heavy atom. The highest BCUT2D eigenvalue weighted by atomic mass is 79.9. The van der Waals surface area contributed by atoms with E-state index in [4.69, 9.17) is 4.74 Å². The van der Waals surface area contributed by atoms with Gasteiger partial charge in [-0.15, -0.1) is 11.3 Å². The fourth-order valence-corrected chi connectivity index (χ4v) is 3.66. The third kappa shape index (κ3) is 4.53. The van der Waals surface area contributed by atoms with Crippen molar-refractivity contribution in [2.24, 2.45) is 0 Å². The molecule has 0 saturated heterocycles. The topological polar surface area (TPSA) is 34.1 Å². The first kappa shape index (κ1) is 16.5. The van der Waals surface area contributed by atoms with E-state index in [0.717, 1.165) is 28.9 Å². The summed E-state index contributed by atoms with van der Waals surface area (Å²) in [6.07, 6.45) is 0.906. The third-order valence-corrected chi connectivity index (χ3v) is 5.07. The van der Waals surface area contributed by atoms with E-state index in [0.29, 0.717) is 12.6 Å². The molecule has 2 rings (SSSR count). The average molecular weight is 369 g/mol. The molecule has 0 spiro atoms. The highest BCUT2D eigenvalue weighted by molar-refractivity contribution is 9.10. The minimum Gasteiger partial charge on any atom is -0.493 e. The van der Waals surface area contributed by atoms with E-state index < -0.39 is 0 Å². The van der Waals surface area contributed by atoms with Gasteiger partial charge in [0.25, 0.3) is 0 Å². The summed E-state index contributed by atoms with van der Waals surface area (Å²) in [5.41, 5.74) is 4.25. The van der Waals surface area contributed by atoms with Gasteiger partial charge in [0.1, 0.15) is 5.75 Å². The van der Waals surface area contributed by atoms with E-state index in [-0.39, 0.29) is 0 Å². The van der Waals surface area contributed by atoms with E-state index >= 15 is 0 Å². The molecule has 3 nitrogen and oxygen atoms in total. The molecule has 0 saturated carbocycles.